The lowest BCUT2D eigenvalue weighted by Gasteiger charge is -2.38. The maximum absolute atomic E-state index is 4.38. The summed E-state index contributed by atoms with van der Waals surface area (Å²) in [7, 11) is -0.568. The van der Waals surface area contributed by atoms with Crippen LogP contribution in [0.3, 0.4) is 0 Å². The summed E-state index contributed by atoms with van der Waals surface area (Å²) in [5, 5.41) is -0.112. The van der Waals surface area contributed by atoms with Crippen LogP contribution in [0.25, 0.3) is 0 Å². The molecule has 0 saturated heterocycles. The second-order valence-electron chi connectivity index (χ2n) is 11.4. The van der Waals surface area contributed by atoms with Crippen molar-refractivity contribution in [2.75, 3.05) is 0 Å². The van der Waals surface area contributed by atoms with Crippen molar-refractivity contribution in [3.05, 3.63) is 194 Å². The van der Waals surface area contributed by atoms with Crippen LogP contribution in [0.15, 0.2) is 183 Å². The predicted molar refractivity (Wildman–Crippen MR) is 193 cm³/mol. The highest BCUT2D eigenvalue weighted by Gasteiger charge is 2.37. The van der Waals surface area contributed by atoms with Crippen molar-refractivity contribution in [2.45, 2.75) is 30.5 Å². The van der Waals surface area contributed by atoms with E-state index in [1.165, 1.54) is 33.9 Å². The summed E-state index contributed by atoms with van der Waals surface area (Å²) in [6.45, 7) is 6.60. The van der Waals surface area contributed by atoms with Crippen molar-refractivity contribution in [3.8, 4) is 0 Å². The molecule has 0 aliphatic carbocycles. The van der Waals surface area contributed by atoms with Gasteiger partial charge in [0.05, 0.1) is 21.0 Å². The zero-order chi connectivity index (χ0) is 30.5. The number of allylic oxidation sites excluding steroid dienone is 1. The Balaban J connectivity index is 0.000000181. The molecule has 218 valence electrons. The molecule has 1 unspecified atom stereocenters. The molecule has 1 aromatic heterocycles. The molecule has 0 N–H and O–H groups in total. The van der Waals surface area contributed by atoms with Gasteiger partial charge >= 0.3 is 0 Å². The van der Waals surface area contributed by atoms with Gasteiger partial charge in [0.25, 0.3) is 0 Å². The summed E-state index contributed by atoms with van der Waals surface area (Å²) in [4.78, 5) is 4.38. The maximum atomic E-state index is 4.38. The third-order valence-electron chi connectivity index (χ3n) is 8.35. The van der Waals surface area contributed by atoms with E-state index in [0.717, 1.165) is 6.42 Å². The molecule has 0 amide bonds. The van der Waals surface area contributed by atoms with Crippen LogP contribution in [0.2, 0.25) is 5.54 Å². The van der Waals surface area contributed by atoms with Gasteiger partial charge in [-0.15, -0.1) is 6.58 Å². The van der Waals surface area contributed by atoms with E-state index < -0.39 is 9.52 Å². The Kier molecular flexibility index (Phi) is 11.0. The standard InChI is InChI=1S/C22H26N2Si.C18H15B/c1-3-4-11-19(2)25-22(24-17-16-23-18-24,20-12-7-5-8-13-20)21-14-9-6-10-15-21;1-4-10-16(11-5-1)19(17-12-6-2-7-13-17)18-14-8-3-9-15-18/h3,5-10,12-19H,1,4,11,25H2,2H3;1-15H. The summed E-state index contributed by atoms with van der Waals surface area (Å²) < 4.78 is 2.33. The summed E-state index contributed by atoms with van der Waals surface area (Å²) in [6, 6.07) is 53.8. The molecule has 6 aromatic rings. The van der Waals surface area contributed by atoms with E-state index in [1.54, 1.807) is 0 Å². The van der Waals surface area contributed by atoms with E-state index in [2.05, 4.69) is 181 Å². The second kappa shape index (κ2) is 15.7. The van der Waals surface area contributed by atoms with E-state index in [1.807, 2.05) is 18.6 Å². The quantitative estimate of drug-likeness (QED) is 0.121. The Morgan fingerprint density at radius 2 is 1.09 bits per heavy atom. The molecular formula is C40H41BN2Si. The number of hydrogen-bond acceptors (Lipinski definition) is 1. The zero-order valence-electron chi connectivity index (χ0n) is 25.6. The topological polar surface area (TPSA) is 17.8 Å². The minimum Gasteiger partial charge on any atom is -0.327 e. The van der Waals surface area contributed by atoms with Gasteiger partial charge in [-0.2, -0.15) is 0 Å². The summed E-state index contributed by atoms with van der Waals surface area (Å²) in [5.74, 6) is 0. The molecule has 0 aliphatic heterocycles. The van der Waals surface area contributed by atoms with Gasteiger partial charge in [-0.25, -0.2) is 4.98 Å². The van der Waals surface area contributed by atoms with Crippen LogP contribution in [-0.4, -0.2) is 25.8 Å². The molecule has 5 aromatic carbocycles. The van der Waals surface area contributed by atoms with E-state index in [-0.39, 0.29) is 5.16 Å². The maximum Gasteiger partial charge on any atom is 0.241 e. The lowest BCUT2D eigenvalue weighted by atomic mass is 9.37. The molecule has 1 heterocycles. The molecule has 1 atom stereocenters. The number of benzene rings is 5. The molecule has 0 saturated carbocycles. The van der Waals surface area contributed by atoms with Gasteiger partial charge in [-0.05, 0) is 17.5 Å². The van der Waals surface area contributed by atoms with Crippen molar-refractivity contribution >= 4 is 32.6 Å². The van der Waals surface area contributed by atoms with Crippen LogP contribution in [0, 0.1) is 0 Å². The van der Waals surface area contributed by atoms with Gasteiger partial charge < -0.3 is 4.57 Å². The highest BCUT2D eigenvalue weighted by Crippen LogP contribution is 2.36. The van der Waals surface area contributed by atoms with E-state index in [0.29, 0.717) is 12.3 Å². The van der Waals surface area contributed by atoms with Gasteiger partial charge in [0.2, 0.25) is 6.71 Å². The van der Waals surface area contributed by atoms with Crippen molar-refractivity contribution in [2.24, 2.45) is 0 Å². The number of aromatic nitrogens is 2. The van der Waals surface area contributed by atoms with Gasteiger partial charge in [0.15, 0.2) is 0 Å². The van der Waals surface area contributed by atoms with Gasteiger partial charge in [0.1, 0.15) is 0 Å². The van der Waals surface area contributed by atoms with Crippen LogP contribution in [0.1, 0.15) is 30.9 Å². The normalized spacial score (nSPS) is 11.8. The fraction of sp³-hybridized carbons (Fsp3) is 0.125. The van der Waals surface area contributed by atoms with E-state index in [9.17, 15) is 0 Å². The molecule has 0 spiro atoms. The first-order valence-corrected chi connectivity index (χ1v) is 17.1. The van der Waals surface area contributed by atoms with Crippen molar-refractivity contribution < 1.29 is 0 Å². The average molecular weight is 589 g/mol. The number of imidazole rings is 1. The minimum atomic E-state index is -0.568. The van der Waals surface area contributed by atoms with Gasteiger partial charge in [-0.1, -0.05) is 193 Å². The Labute approximate surface area is 266 Å². The number of hydrogen-bond donors (Lipinski definition) is 0. The van der Waals surface area contributed by atoms with Crippen LogP contribution >= 0.6 is 0 Å². The molecule has 6 rings (SSSR count). The summed E-state index contributed by atoms with van der Waals surface area (Å²) in [6.07, 6.45) is 10.3. The minimum absolute atomic E-state index is 0.112. The highest BCUT2D eigenvalue weighted by atomic mass is 28.2. The Bertz CT molecular complexity index is 1510. The van der Waals surface area contributed by atoms with Crippen LogP contribution in [-0.2, 0) is 5.16 Å². The Morgan fingerprint density at radius 1 is 0.682 bits per heavy atom. The lowest BCUT2D eigenvalue weighted by Crippen LogP contribution is -2.51. The summed E-state index contributed by atoms with van der Waals surface area (Å²) in [5.41, 5.74) is 7.41. The first-order valence-electron chi connectivity index (χ1n) is 15.6. The number of nitrogens with zero attached hydrogens (tertiary/aromatic N) is 2. The molecule has 2 nitrogen and oxygen atoms in total. The molecule has 4 heteroatoms. The number of rotatable bonds is 11. The van der Waals surface area contributed by atoms with Crippen molar-refractivity contribution in [1.29, 1.82) is 0 Å². The Hall–Kier alpha value is -4.67. The highest BCUT2D eigenvalue weighted by molar-refractivity contribution is 6.95. The lowest BCUT2D eigenvalue weighted by molar-refractivity contribution is 0.578. The second-order valence-corrected chi connectivity index (χ2v) is 14.2. The van der Waals surface area contributed by atoms with Crippen LogP contribution < -0.4 is 16.4 Å². The SMILES string of the molecule is C=CCCC(C)[SiH2]C(c1ccccc1)(c1ccccc1)n1ccnc1.c1ccc(B(c2ccccc2)c2ccccc2)cc1. The largest absolute Gasteiger partial charge is 0.327 e. The van der Waals surface area contributed by atoms with E-state index >= 15 is 0 Å². The van der Waals surface area contributed by atoms with Gasteiger partial charge in [-0.3, -0.25) is 0 Å². The third-order valence-corrected chi connectivity index (χ3v) is 11.2. The smallest absolute Gasteiger partial charge is 0.241 e. The molecule has 0 aliphatic rings. The molecule has 0 bridgehead atoms. The van der Waals surface area contributed by atoms with Crippen molar-refractivity contribution in [1.82, 2.24) is 9.55 Å². The van der Waals surface area contributed by atoms with Crippen LogP contribution in [0.4, 0.5) is 0 Å². The van der Waals surface area contributed by atoms with Crippen LogP contribution in [0.5, 0.6) is 0 Å². The monoisotopic (exact) mass is 588 g/mol. The molecule has 44 heavy (non-hydrogen) atoms. The fourth-order valence-corrected chi connectivity index (χ4v) is 9.03. The van der Waals surface area contributed by atoms with Crippen molar-refractivity contribution in [3.63, 3.8) is 0 Å². The third kappa shape index (κ3) is 7.45. The molecule has 0 fully saturated rings. The fourth-order valence-electron chi connectivity index (χ4n) is 6.24. The zero-order valence-corrected chi connectivity index (χ0v) is 27.0. The molecule has 0 radical (unpaired) electrons. The summed E-state index contributed by atoms with van der Waals surface area (Å²) >= 11 is 0. The average Bonchev–Trinajstić information content (AvgIpc) is 3.65. The molecular weight excluding hydrogens is 547 g/mol. The predicted octanol–water partition coefficient (Wildman–Crippen LogP) is 6.78. The first kappa shape index (κ1) is 30.8. The first-order chi connectivity index (χ1) is 21.7. The van der Waals surface area contributed by atoms with E-state index in [4.69, 9.17) is 0 Å². The Morgan fingerprint density at radius 3 is 1.45 bits per heavy atom. The van der Waals surface area contributed by atoms with Gasteiger partial charge in [0, 0.05) is 12.4 Å².